The molecule has 3 rings (SSSR count). The Labute approximate surface area is 146 Å². The number of carbonyl (C=O) groups is 1. The van der Waals surface area contributed by atoms with E-state index in [0.717, 1.165) is 31.5 Å². The van der Waals surface area contributed by atoms with Gasteiger partial charge in [-0.05, 0) is 45.0 Å². The fraction of sp³-hybridized carbons (Fsp3) is 0.471. The molecule has 1 aromatic carbocycles. The molecular weight excluding hydrogens is 328 g/mol. The molecule has 1 amide bonds. The van der Waals surface area contributed by atoms with Crippen LogP contribution in [0.15, 0.2) is 28.8 Å². The Morgan fingerprint density at radius 3 is 2.92 bits per heavy atom. The molecular formula is C17H21ClN4O2. The first kappa shape index (κ1) is 16.9. The maximum absolute atomic E-state index is 11.9. The SMILES string of the molecule is CCNC(=O)C1CCN(Cc2nc(-c3cccc(Cl)c3)no2)CC1. The number of nitrogens with one attached hydrogen (secondary N) is 1. The van der Waals surface area contributed by atoms with Crippen molar-refractivity contribution in [1.29, 1.82) is 0 Å². The lowest BCUT2D eigenvalue weighted by atomic mass is 9.96. The van der Waals surface area contributed by atoms with E-state index in [9.17, 15) is 4.79 Å². The van der Waals surface area contributed by atoms with Crippen LogP contribution in [0.1, 0.15) is 25.7 Å². The van der Waals surface area contributed by atoms with Gasteiger partial charge in [0.1, 0.15) is 0 Å². The van der Waals surface area contributed by atoms with Crippen molar-refractivity contribution >= 4 is 17.5 Å². The first-order chi connectivity index (χ1) is 11.7. The van der Waals surface area contributed by atoms with Crippen LogP contribution in [0.5, 0.6) is 0 Å². The maximum atomic E-state index is 11.9. The van der Waals surface area contributed by atoms with Crippen LogP contribution in [0, 0.1) is 5.92 Å². The largest absolute Gasteiger partial charge is 0.356 e. The van der Waals surface area contributed by atoms with E-state index in [4.69, 9.17) is 16.1 Å². The van der Waals surface area contributed by atoms with Crippen LogP contribution in [0.3, 0.4) is 0 Å². The van der Waals surface area contributed by atoms with Crippen molar-refractivity contribution < 1.29 is 9.32 Å². The summed E-state index contributed by atoms with van der Waals surface area (Å²) in [6.45, 7) is 4.95. The molecule has 0 radical (unpaired) electrons. The van der Waals surface area contributed by atoms with Gasteiger partial charge in [-0.1, -0.05) is 28.9 Å². The van der Waals surface area contributed by atoms with E-state index in [1.807, 2.05) is 31.2 Å². The molecule has 0 saturated carbocycles. The number of nitrogens with zero attached hydrogens (tertiary/aromatic N) is 3. The molecule has 0 atom stereocenters. The third-order valence-electron chi connectivity index (χ3n) is 4.22. The van der Waals surface area contributed by atoms with E-state index in [-0.39, 0.29) is 11.8 Å². The van der Waals surface area contributed by atoms with E-state index >= 15 is 0 Å². The minimum Gasteiger partial charge on any atom is -0.356 e. The highest BCUT2D eigenvalue weighted by atomic mass is 35.5. The molecule has 0 bridgehead atoms. The van der Waals surface area contributed by atoms with Gasteiger partial charge in [0, 0.05) is 23.0 Å². The second-order valence-corrected chi connectivity index (χ2v) is 6.40. The minimum absolute atomic E-state index is 0.117. The molecule has 1 aliphatic heterocycles. The summed E-state index contributed by atoms with van der Waals surface area (Å²) in [6.07, 6.45) is 1.72. The first-order valence-electron chi connectivity index (χ1n) is 8.24. The monoisotopic (exact) mass is 348 g/mol. The molecule has 2 heterocycles. The highest BCUT2D eigenvalue weighted by Gasteiger charge is 2.25. The number of amides is 1. The number of rotatable bonds is 5. The number of benzene rings is 1. The van der Waals surface area contributed by atoms with Crippen LogP contribution in [-0.2, 0) is 11.3 Å². The molecule has 7 heteroatoms. The number of likely N-dealkylation sites (tertiary alicyclic amines) is 1. The topological polar surface area (TPSA) is 71.3 Å². The summed E-state index contributed by atoms with van der Waals surface area (Å²) in [6, 6.07) is 7.39. The van der Waals surface area contributed by atoms with Gasteiger partial charge in [0.15, 0.2) is 0 Å². The zero-order chi connectivity index (χ0) is 16.9. The van der Waals surface area contributed by atoms with E-state index in [1.54, 1.807) is 0 Å². The second-order valence-electron chi connectivity index (χ2n) is 5.97. The molecule has 0 unspecified atom stereocenters. The van der Waals surface area contributed by atoms with Gasteiger partial charge in [-0.15, -0.1) is 0 Å². The lowest BCUT2D eigenvalue weighted by molar-refractivity contribution is -0.126. The van der Waals surface area contributed by atoms with Crippen molar-refractivity contribution in [3.05, 3.63) is 35.2 Å². The lowest BCUT2D eigenvalue weighted by Gasteiger charge is -2.30. The summed E-state index contributed by atoms with van der Waals surface area (Å²) in [4.78, 5) is 18.6. The van der Waals surface area contributed by atoms with Crippen LogP contribution in [0.25, 0.3) is 11.4 Å². The van der Waals surface area contributed by atoms with Gasteiger partial charge in [0.2, 0.25) is 17.6 Å². The van der Waals surface area contributed by atoms with Gasteiger partial charge in [0.05, 0.1) is 6.54 Å². The molecule has 6 nitrogen and oxygen atoms in total. The predicted molar refractivity (Wildman–Crippen MR) is 91.4 cm³/mol. The van der Waals surface area contributed by atoms with E-state index in [1.165, 1.54) is 0 Å². The van der Waals surface area contributed by atoms with Crippen molar-refractivity contribution in [3.8, 4) is 11.4 Å². The van der Waals surface area contributed by atoms with Gasteiger partial charge < -0.3 is 9.84 Å². The lowest BCUT2D eigenvalue weighted by Crippen LogP contribution is -2.40. The minimum atomic E-state index is 0.117. The fourth-order valence-electron chi connectivity index (χ4n) is 2.93. The average molecular weight is 349 g/mol. The third-order valence-corrected chi connectivity index (χ3v) is 4.45. The predicted octanol–water partition coefficient (Wildman–Crippen LogP) is 2.74. The Morgan fingerprint density at radius 2 is 2.21 bits per heavy atom. The number of halogens is 1. The van der Waals surface area contributed by atoms with E-state index in [0.29, 0.717) is 29.8 Å². The highest BCUT2D eigenvalue weighted by molar-refractivity contribution is 6.30. The Hall–Kier alpha value is -1.92. The Bertz CT molecular complexity index is 695. The van der Waals surface area contributed by atoms with Gasteiger partial charge in [0.25, 0.3) is 0 Å². The van der Waals surface area contributed by atoms with Crippen LogP contribution in [0.4, 0.5) is 0 Å². The number of piperidine rings is 1. The molecule has 1 saturated heterocycles. The smallest absolute Gasteiger partial charge is 0.241 e. The maximum Gasteiger partial charge on any atom is 0.241 e. The van der Waals surface area contributed by atoms with Crippen LogP contribution in [0.2, 0.25) is 5.02 Å². The molecule has 1 fully saturated rings. The summed E-state index contributed by atoms with van der Waals surface area (Å²) >= 11 is 5.99. The van der Waals surface area contributed by atoms with Crippen molar-refractivity contribution in [2.24, 2.45) is 5.92 Å². The van der Waals surface area contributed by atoms with Crippen molar-refractivity contribution in [2.75, 3.05) is 19.6 Å². The molecule has 2 aromatic rings. The van der Waals surface area contributed by atoms with Gasteiger partial charge in [-0.2, -0.15) is 4.98 Å². The number of carbonyl (C=O) groups excluding carboxylic acids is 1. The normalized spacial score (nSPS) is 16.2. The van der Waals surface area contributed by atoms with Gasteiger partial charge >= 0.3 is 0 Å². The standard InChI is InChI=1S/C17H21ClN4O2/c1-2-19-17(23)12-6-8-22(9-7-12)11-15-20-16(21-24-15)13-4-3-5-14(18)10-13/h3-5,10,12H,2,6-9,11H2,1H3,(H,19,23). The molecule has 1 aliphatic rings. The summed E-state index contributed by atoms with van der Waals surface area (Å²) in [7, 11) is 0. The van der Waals surface area contributed by atoms with Crippen molar-refractivity contribution in [3.63, 3.8) is 0 Å². The molecule has 0 aliphatic carbocycles. The van der Waals surface area contributed by atoms with Gasteiger partial charge in [-0.3, -0.25) is 9.69 Å². The van der Waals surface area contributed by atoms with Crippen LogP contribution < -0.4 is 5.32 Å². The van der Waals surface area contributed by atoms with Crippen LogP contribution >= 0.6 is 11.6 Å². The zero-order valence-electron chi connectivity index (χ0n) is 13.7. The van der Waals surface area contributed by atoms with Crippen molar-refractivity contribution in [1.82, 2.24) is 20.4 Å². The molecule has 0 spiro atoms. The highest BCUT2D eigenvalue weighted by Crippen LogP contribution is 2.22. The van der Waals surface area contributed by atoms with E-state index in [2.05, 4.69) is 20.4 Å². The van der Waals surface area contributed by atoms with Gasteiger partial charge in [-0.25, -0.2) is 0 Å². The average Bonchev–Trinajstić information content (AvgIpc) is 3.04. The molecule has 1 aromatic heterocycles. The number of hydrogen-bond acceptors (Lipinski definition) is 5. The first-order valence-corrected chi connectivity index (χ1v) is 8.62. The number of aromatic nitrogens is 2. The van der Waals surface area contributed by atoms with Crippen LogP contribution in [-0.4, -0.2) is 40.6 Å². The summed E-state index contributed by atoms with van der Waals surface area (Å²) in [5.74, 6) is 1.41. The fourth-order valence-corrected chi connectivity index (χ4v) is 3.12. The molecule has 24 heavy (non-hydrogen) atoms. The van der Waals surface area contributed by atoms with E-state index < -0.39 is 0 Å². The third kappa shape index (κ3) is 4.13. The quantitative estimate of drug-likeness (QED) is 0.899. The molecule has 1 N–H and O–H groups in total. The second kappa shape index (κ2) is 7.77. The Balaban J connectivity index is 1.56. The summed E-state index contributed by atoms with van der Waals surface area (Å²) in [5.41, 5.74) is 0.840. The Morgan fingerprint density at radius 1 is 1.42 bits per heavy atom. The summed E-state index contributed by atoms with van der Waals surface area (Å²) < 4.78 is 5.35. The van der Waals surface area contributed by atoms with Crippen molar-refractivity contribution in [2.45, 2.75) is 26.3 Å². The molecule has 128 valence electrons. The Kier molecular flexibility index (Phi) is 5.48. The summed E-state index contributed by atoms with van der Waals surface area (Å²) in [5, 5.41) is 7.57. The number of hydrogen-bond donors (Lipinski definition) is 1. The zero-order valence-corrected chi connectivity index (χ0v) is 14.4.